The fraction of sp³-hybridized carbons (Fsp3) is 0.150. The molecule has 3 N–H and O–H groups in total. The van der Waals surface area contributed by atoms with Crippen LogP contribution in [0.1, 0.15) is 5.56 Å². The van der Waals surface area contributed by atoms with Gasteiger partial charge in [0.25, 0.3) is 0 Å². The first-order valence-electron chi connectivity index (χ1n) is 8.83. The van der Waals surface area contributed by atoms with Gasteiger partial charge in [-0.3, -0.25) is 4.79 Å². The van der Waals surface area contributed by atoms with Crippen molar-refractivity contribution in [2.24, 2.45) is 0 Å². The monoisotopic (exact) mass is 496 g/mol. The van der Waals surface area contributed by atoms with E-state index in [-0.39, 0.29) is 11.6 Å². The average Bonchev–Trinajstić information content (AvgIpc) is 2.67. The molecule has 1 heterocycles. The third-order valence-corrected chi connectivity index (χ3v) is 4.43. The molecule has 0 aliphatic heterocycles. The number of nitrogens with one attached hydrogen (secondary N) is 2. The zero-order valence-electron chi connectivity index (χ0n) is 16.0. The van der Waals surface area contributed by atoms with Gasteiger partial charge in [-0.2, -0.15) is 4.98 Å². The largest absolute Gasteiger partial charge is 0.573 e. The van der Waals surface area contributed by atoms with Crippen LogP contribution < -0.4 is 15.4 Å². The number of aryl methyl sites for hydroxylation is 1. The minimum absolute atomic E-state index is 0.000641. The lowest BCUT2D eigenvalue weighted by atomic mass is 10.1. The van der Waals surface area contributed by atoms with Crippen LogP contribution in [0.5, 0.6) is 5.75 Å². The minimum atomic E-state index is -4.83. The first-order chi connectivity index (χ1) is 14.6. The van der Waals surface area contributed by atoms with Crippen molar-refractivity contribution in [2.45, 2.75) is 13.3 Å². The molecule has 0 amide bonds. The highest BCUT2D eigenvalue weighted by Crippen LogP contribution is 2.30. The molecule has 0 spiro atoms. The van der Waals surface area contributed by atoms with E-state index in [2.05, 4.69) is 41.3 Å². The molecule has 0 saturated carbocycles. The molecule has 0 saturated heterocycles. The summed E-state index contributed by atoms with van der Waals surface area (Å²) in [7, 11) is 0. The fourth-order valence-corrected chi connectivity index (χ4v) is 3.13. The van der Waals surface area contributed by atoms with Crippen molar-refractivity contribution in [3.05, 3.63) is 58.6 Å². The lowest BCUT2D eigenvalue weighted by Crippen LogP contribution is -2.17. The minimum Gasteiger partial charge on any atom is -0.480 e. The molecule has 0 radical (unpaired) electrons. The molecular weight excluding hydrogens is 481 g/mol. The molecule has 0 fully saturated rings. The number of rotatable bonds is 7. The van der Waals surface area contributed by atoms with Gasteiger partial charge in [-0.05, 0) is 42.8 Å². The Morgan fingerprint density at radius 2 is 1.94 bits per heavy atom. The van der Waals surface area contributed by atoms with Crippen molar-refractivity contribution >= 4 is 39.4 Å². The normalized spacial score (nSPS) is 11.1. The van der Waals surface area contributed by atoms with Crippen molar-refractivity contribution in [2.75, 3.05) is 17.2 Å². The van der Waals surface area contributed by atoms with Crippen LogP contribution in [0.15, 0.2) is 53.0 Å². The van der Waals surface area contributed by atoms with Gasteiger partial charge in [0.05, 0.1) is 5.69 Å². The van der Waals surface area contributed by atoms with E-state index in [1.54, 1.807) is 12.1 Å². The summed E-state index contributed by atoms with van der Waals surface area (Å²) < 4.78 is 42.5. The molecule has 3 rings (SSSR count). The van der Waals surface area contributed by atoms with Crippen LogP contribution in [0.4, 0.5) is 30.6 Å². The number of anilines is 3. The Bertz CT molecular complexity index is 1110. The summed E-state index contributed by atoms with van der Waals surface area (Å²) in [5.41, 5.74) is 2.26. The third-order valence-electron chi connectivity index (χ3n) is 3.94. The predicted molar refractivity (Wildman–Crippen MR) is 112 cm³/mol. The standard InChI is InChI=1S/C20H16BrF3N4O3/c1-11-7-13(21)5-6-15(11)26-17-9-16(27-19(28-17)25-10-18(29)30)12-3-2-4-14(8-12)31-20(22,23)24/h2-9H,10H2,1H3,(H,29,30)(H2,25,26,27,28). The molecule has 0 unspecified atom stereocenters. The molecule has 0 aliphatic rings. The number of hydrogen-bond donors (Lipinski definition) is 3. The van der Waals surface area contributed by atoms with Gasteiger partial charge in [-0.15, -0.1) is 13.2 Å². The van der Waals surface area contributed by atoms with Crippen molar-refractivity contribution in [1.29, 1.82) is 0 Å². The summed E-state index contributed by atoms with van der Waals surface area (Å²) in [6.07, 6.45) is -4.83. The maximum atomic E-state index is 12.6. The van der Waals surface area contributed by atoms with Crippen molar-refractivity contribution in [3.8, 4) is 17.0 Å². The summed E-state index contributed by atoms with van der Waals surface area (Å²) in [5, 5.41) is 14.6. The predicted octanol–water partition coefficient (Wildman–Crippen LogP) is 5.35. The SMILES string of the molecule is Cc1cc(Br)ccc1Nc1cc(-c2cccc(OC(F)(F)F)c2)nc(NCC(=O)O)n1. The number of alkyl halides is 3. The molecule has 0 aliphatic carbocycles. The van der Waals surface area contributed by atoms with Crippen LogP contribution in [0.2, 0.25) is 0 Å². The number of nitrogens with zero attached hydrogens (tertiary/aromatic N) is 2. The highest BCUT2D eigenvalue weighted by atomic mass is 79.9. The molecular formula is C20H16BrF3N4O3. The summed E-state index contributed by atoms with van der Waals surface area (Å²) in [5.74, 6) is -1.19. The van der Waals surface area contributed by atoms with Gasteiger partial charge in [-0.25, -0.2) is 4.98 Å². The van der Waals surface area contributed by atoms with Crippen LogP contribution in [-0.2, 0) is 4.79 Å². The lowest BCUT2D eigenvalue weighted by molar-refractivity contribution is -0.274. The Balaban J connectivity index is 1.99. The van der Waals surface area contributed by atoms with Crippen LogP contribution >= 0.6 is 15.9 Å². The van der Waals surface area contributed by atoms with Crippen LogP contribution in [0, 0.1) is 6.92 Å². The summed E-state index contributed by atoms with van der Waals surface area (Å²) >= 11 is 3.39. The Hall–Kier alpha value is -3.34. The zero-order valence-corrected chi connectivity index (χ0v) is 17.6. The third kappa shape index (κ3) is 6.57. The Kier molecular flexibility index (Phi) is 6.64. The summed E-state index contributed by atoms with van der Waals surface area (Å²) in [6.45, 7) is 1.45. The molecule has 31 heavy (non-hydrogen) atoms. The van der Waals surface area contributed by atoms with Gasteiger partial charge >= 0.3 is 12.3 Å². The van der Waals surface area contributed by atoms with Crippen LogP contribution in [0.3, 0.4) is 0 Å². The quantitative estimate of drug-likeness (QED) is 0.405. The smallest absolute Gasteiger partial charge is 0.480 e. The molecule has 1 aromatic heterocycles. The Labute approximate surface area is 183 Å². The van der Waals surface area contributed by atoms with Crippen LogP contribution in [-0.4, -0.2) is 34.0 Å². The molecule has 0 atom stereocenters. The molecule has 162 valence electrons. The van der Waals surface area contributed by atoms with Crippen molar-refractivity contribution in [3.63, 3.8) is 0 Å². The number of carboxylic acids is 1. The van der Waals surface area contributed by atoms with Crippen LogP contribution in [0.25, 0.3) is 11.3 Å². The maximum absolute atomic E-state index is 12.6. The zero-order chi connectivity index (χ0) is 22.6. The number of carbonyl (C=O) groups is 1. The molecule has 7 nitrogen and oxygen atoms in total. The van der Waals surface area contributed by atoms with E-state index in [9.17, 15) is 18.0 Å². The van der Waals surface area contributed by atoms with E-state index in [4.69, 9.17) is 5.11 Å². The van der Waals surface area contributed by atoms with Gasteiger partial charge in [-0.1, -0.05) is 28.1 Å². The van der Waals surface area contributed by atoms with E-state index >= 15 is 0 Å². The summed E-state index contributed by atoms with van der Waals surface area (Å²) in [4.78, 5) is 19.4. The van der Waals surface area contributed by atoms with Gasteiger partial charge < -0.3 is 20.5 Å². The van der Waals surface area contributed by atoms with Crippen molar-refractivity contribution in [1.82, 2.24) is 9.97 Å². The average molecular weight is 497 g/mol. The van der Waals surface area contributed by atoms with E-state index < -0.39 is 24.6 Å². The van der Waals surface area contributed by atoms with E-state index in [1.165, 1.54) is 18.2 Å². The molecule has 0 bridgehead atoms. The van der Waals surface area contributed by atoms with E-state index in [1.807, 2.05) is 25.1 Å². The van der Waals surface area contributed by atoms with E-state index in [0.29, 0.717) is 11.4 Å². The first kappa shape index (κ1) is 22.3. The Morgan fingerprint density at radius 3 is 2.61 bits per heavy atom. The molecule has 3 aromatic rings. The number of carboxylic acid groups (broad SMARTS) is 1. The number of aliphatic carboxylic acids is 1. The number of aromatic nitrogens is 2. The Morgan fingerprint density at radius 1 is 1.16 bits per heavy atom. The number of benzene rings is 2. The second-order valence-electron chi connectivity index (χ2n) is 6.37. The first-order valence-corrected chi connectivity index (χ1v) is 9.62. The number of ether oxygens (including phenoxy) is 1. The fourth-order valence-electron chi connectivity index (χ4n) is 2.65. The highest BCUT2D eigenvalue weighted by molar-refractivity contribution is 9.10. The number of halogens is 4. The molecule has 2 aromatic carbocycles. The number of hydrogen-bond acceptors (Lipinski definition) is 6. The van der Waals surface area contributed by atoms with Gasteiger partial charge in [0.15, 0.2) is 0 Å². The maximum Gasteiger partial charge on any atom is 0.573 e. The van der Waals surface area contributed by atoms with Gasteiger partial charge in [0.2, 0.25) is 5.95 Å². The summed E-state index contributed by atoms with van der Waals surface area (Å²) in [6, 6.07) is 12.4. The highest BCUT2D eigenvalue weighted by Gasteiger charge is 2.31. The van der Waals surface area contributed by atoms with Gasteiger partial charge in [0, 0.05) is 21.8 Å². The van der Waals surface area contributed by atoms with Gasteiger partial charge in [0.1, 0.15) is 18.1 Å². The van der Waals surface area contributed by atoms with E-state index in [0.717, 1.165) is 15.7 Å². The second kappa shape index (κ2) is 9.21. The topological polar surface area (TPSA) is 96.4 Å². The molecule has 11 heteroatoms. The lowest BCUT2D eigenvalue weighted by Gasteiger charge is -2.13. The van der Waals surface area contributed by atoms with Crippen molar-refractivity contribution < 1.29 is 27.8 Å². The second-order valence-corrected chi connectivity index (χ2v) is 7.28.